The van der Waals surface area contributed by atoms with Gasteiger partial charge in [0.25, 0.3) is 0 Å². The van der Waals surface area contributed by atoms with Crippen molar-refractivity contribution < 1.29 is 38.5 Å². The van der Waals surface area contributed by atoms with Crippen molar-refractivity contribution >= 4 is 55.6 Å². The van der Waals surface area contributed by atoms with E-state index in [1.165, 1.54) is 0 Å². The van der Waals surface area contributed by atoms with Gasteiger partial charge in [-0.2, -0.15) is 16.8 Å². The minimum absolute atomic E-state index is 0.109. The van der Waals surface area contributed by atoms with Gasteiger partial charge in [-0.3, -0.25) is 4.79 Å². The highest BCUT2D eigenvalue weighted by atomic mass is 32.2. The van der Waals surface area contributed by atoms with Crippen LogP contribution >= 0.6 is 0 Å². The van der Waals surface area contributed by atoms with Crippen molar-refractivity contribution in [3.63, 3.8) is 0 Å². The molecule has 1 rings (SSSR count). The maximum atomic E-state index is 12.1. The van der Waals surface area contributed by atoms with Gasteiger partial charge in [-0.05, 0) is 12.8 Å². The SMILES string of the molecule is O=C(C1CC1)N(CCS(=O)(=O)C=S(=O)=O)CCS(=O)(=O)C=S(=O)=O. The number of nitrogens with zero attached hydrogens (tertiary/aromatic N) is 1. The zero-order chi connectivity index (χ0) is 18.5. The number of amides is 1. The molecule has 0 aromatic heterocycles. The van der Waals surface area contributed by atoms with Crippen LogP contribution in [0.4, 0.5) is 0 Å². The lowest BCUT2D eigenvalue weighted by molar-refractivity contribution is -0.132. The highest BCUT2D eigenvalue weighted by molar-refractivity contribution is 8.13. The van der Waals surface area contributed by atoms with Crippen molar-refractivity contribution in [2.75, 3.05) is 24.6 Å². The van der Waals surface area contributed by atoms with Gasteiger partial charge in [0.05, 0.1) is 11.5 Å². The summed E-state index contributed by atoms with van der Waals surface area (Å²) in [6.45, 7) is -0.775. The summed E-state index contributed by atoms with van der Waals surface area (Å²) < 4.78 is 87.9. The molecule has 0 spiro atoms. The summed E-state index contributed by atoms with van der Waals surface area (Å²) in [5, 5.41) is 0. The lowest BCUT2D eigenvalue weighted by atomic mass is 10.3. The van der Waals surface area contributed by atoms with Gasteiger partial charge >= 0.3 is 0 Å². The van der Waals surface area contributed by atoms with Crippen LogP contribution in [0.1, 0.15) is 12.8 Å². The smallest absolute Gasteiger partial charge is 0.225 e. The van der Waals surface area contributed by atoms with Crippen LogP contribution in [-0.4, -0.2) is 78.5 Å². The molecule has 0 N–H and O–H groups in total. The summed E-state index contributed by atoms with van der Waals surface area (Å²) in [6.07, 6.45) is 1.20. The first-order chi connectivity index (χ1) is 10.9. The Labute approximate surface area is 142 Å². The molecule has 0 heterocycles. The van der Waals surface area contributed by atoms with Crippen LogP contribution in [0.15, 0.2) is 0 Å². The summed E-state index contributed by atoms with van der Waals surface area (Å²) in [5.41, 5.74) is 0. The van der Waals surface area contributed by atoms with E-state index in [-0.39, 0.29) is 28.4 Å². The van der Waals surface area contributed by atoms with Gasteiger partial charge in [0.15, 0.2) is 29.1 Å². The Morgan fingerprint density at radius 3 is 1.54 bits per heavy atom. The van der Waals surface area contributed by atoms with Crippen molar-refractivity contribution in [3.05, 3.63) is 0 Å². The number of sulfone groups is 2. The number of carbonyl (C=O) groups excluding carboxylic acids is 1. The second kappa shape index (κ2) is 8.22. The fraction of sp³-hybridized carbons (Fsp3) is 0.700. The Bertz CT molecular complexity index is 881. The fourth-order valence-electron chi connectivity index (χ4n) is 1.73. The molecule has 1 aliphatic carbocycles. The molecule has 0 saturated heterocycles. The van der Waals surface area contributed by atoms with Gasteiger partial charge in [0.1, 0.15) is 0 Å². The Kier molecular flexibility index (Phi) is 7.12. The van der Waals surface area contributed by atoms with E-state index in [9.17, 15) is 38.5 Å². The molecule has 24 heavy (non-hydrogen) atoms. The van der Waals surface area contributed by atoms with Crippen LogP contribution in [0.25, 0.3) is 0 Å². The number of hydrogen-bond acceptors (Lipinski definition) is 9. The second-order valence-electron chi connectivity index (χ2n) is 5.05. The quantitative estimate of drug-likeness (QED) is 0.362. The molecule has 1 amide bonds. The zero-order valence-electron chi connectivity index (χ0n) is 12.2. The first-order valence-electron chi connectivity index (χ1n) is 6.52. The van der Waals surface area contributed by atoms with Gasteiger partial charge < -0.3 is 4.90 Å². The highest BCUT2D eigenvalue weighted by Crippen LogP contribution is 2.30. The van der Waals surface area contributed by atoms with Gasteiger partial charge in [0.2, 0.25) is 26.5 Å². The van der Waals surface area contributed by atoms with Gasteiger partial charge in [0, 0.05) is 19.0 Å². The normalized spacial score (nSPS) is 14.7. The van der Waals surface area contributed by atoms with E-state index in [0.717, 1.165) is 4.90 Å². The monoisotopic (exact) mass is 421 g/mol. The molecule has 1 aliphatic rings. The molecule has 0 unspecified atom stereocenters. The maximum absolute atomic E-state index is 12.1. The second-order valence-corrected chi connectivity index (χ2v) is 11.1. The molecular weight excluding hydrogens is 406 g/mol. The van der Waals surface area contributed by atoms with Crippen LogP contribution in [0.2, 0.25) is 0 Å². The zero-order valence-corrected chi connectivity index (χ0v) is 15.5. The Morgan fingerprint density at radius 2 is 1.25 bits per heavy atom. The summed E-state index contributed by atoms with van der Waals surface area (Å²) in [6, 6.07) is 0. The Hall–Kier alpha value is -1.25. The minimum atomic E-state index is -4.07. The van der Waals surface area contributed by atoms with E-state index in [0.29, 0.717) is 12.8 Å². The lowest BCUT2D eigenvalue weighted by Crippen LogP contribution is -2.39. The van der Waals surface area contributed by atoms with Gasteiger partial charge in [-0.25, -0.2) is 16.8 Å². The molecule has 0 atom stereocenters. The molecule has 0 aromatic rings. The van der Waals surface area contributed by atoms with E-state index in [1.54, 1.807) is 0 Å². The van der Waals surface area contributed by atoms with E-state index in [1.807, 2.05) is 0 Å². The van der Waals surface area contributed by atoms with Crippen LogP contribution < -0.4 is 0 Å². The lowest BCUT2D eigenvalue weighted by Gasteiger charge is -2.21. The predicted molar refractivity (Wildman–Crippen MR) is 86.8 cm³/mol. The number of hydrogen-bond donors (Lipinski definition) is 0. The first-order valence-corrected chi connectivity index (χ1v) is 12.2. The standard InChI is InChI=1S/C10H15NO9S4/c12-10(9-1-2-9)11(3-5-23(17,18)7-21(13)14)4-6-24(19,20)8-22(15)16/h7-9H,1-6H2. The Balaban J connectivity index is 2.84. The number of rotatable bonds is 9. The van der Waals surface area contributed by atoms with Crippen molar-refractivity contribution in [1.29, 1.82) is 0 Å². The van der Waals surface area contributed by atoms with Crippen molar-refractivity contribution in [1.82, 2.24) is 4.90 Å². The van der Waals surface area contributed by atoms with E-state index < -0.39 is 57.7 Å². The first kappa shape index (κ1) is 20.8. The largest absolute Gasteiger partial charge is 0.340 e. The third kappa shape index (κ3) is 8.03. The summed E-state index contributed by atoms with van der Waals surface area (Å²) >= 11 is 0. The van der Waals surface area contributed by atoms with E-state index in [2.05, 4.69) is 0 Å². The molecular formula is C10H15NO9S4. The predicted octanol–water partition coefficient (Wildman–Crippen LogP) is -2.67. The fourth-order valence-corrected chi connectivity index (χ4v) is 5.37. The third-order valence-electron chi connectivity index (χ3n) is 2.98. The van der Waals surface area contributed by atoms with Crippen molar-refractivity contribution in [2.45, 2.75) is 12.8 Å². The molecule has 1 saturated carbocycles. The van der Waals surface area contributed by atoms with E-state index >= 15 is 0 Å². The van der Waals surface area contributed by atoms with Crippen LogP contribution in [0.3, 0.4) is 0 Å². The molecule has 0 aromatic carbocycles. The topological polar surface area (TPSA) is 157 Å². The molecule has 14 heteroatoms. The minimum Gasteiger partial charge on any atom is -0.340 e. The molecule has 0 bridgehead atoms. The molecule has 0 radical (unpaired) electrons. The molecule has 138 valence electrons. The number of carbonyl (C=O) groups is 1. The molecule has 10 nitrogen and oxygen atoms in total. The van der Waals surface area contributed by atoms with Crippen LogP contribution in [0.5, 0.6) is 0 Å². The van der Waals surface area contributed by atoms with E-state index in [4.69, 9.17) is 0 Å². The summed E-state index contributed by atoms with van der Waals surface area (Å²) in [7, 11) is -14.0. The van der Waals surface area contributed by atoms with Crippen LogP contribution in [-0.2, 0) is 45.1 Å². The average molecular weight is 421 g/mol. The van der Waals surface area contributed by atoms with Crippen LogP contribution in [0, 0.1) is 5.92 Å². The molecule has 0 aliphatic heterocycles. The highest BCUT2D eigenvalue weighted by Gasteiger charge is 2.34. The van der Waals surface area contributed by atoms with Crippen molar-refractivity contribution in [2.24, 2.45) is 5.92 Å². The average Bonchev–Trinajstić information content (AvgIpc) is 3.18. The van der Waals surface area contributed by atoms with Gasteiger partial charge in [-0.15, -0.1) is 0 Å². The van der Waals surface area contributed by atoms with Crippen molar-refractivity contribution in [3.8, 4) is 0 Å². The van der Waals surface area contributed by atoms with Gasteiger partial charge in [-0.1, -0.05) is 0 Å². The molecule has 1 fully saturated rings. The summed E-state index contributed by atoms with van der Waals surface area (Å²) in [5.74, 6) is -2.12. The third-order valence-corrected chi connectivity index (χ3v) is 8.09. The Morgan fingerprint density at radius 1 is 0.875 bits per heavy atom. The maximum Gasteiger partial charge on any atom is 0.225 e. The summed E-state index contributed by atoms with van der Waals surface area (Å²) in [4.78, 5) is 13.1.